The van der Waals surface area contributed by atoms with Gasteiger partial charge in [0.15, 0.2) is 0 Å². The predicted octanol–water partition coefficient (Wildman–Crippen LogP) is -5.87. The van der Waals surface area contributed by atoms with Gasteiger partial charge >= 0.3 is 5.97 Å². The molecule has 0 aliphatic heterocycles. The van der Waals surface area contributed by atoms with Gasteiger partial charge in [-0.2, -0.15) is 0 Å². The van der Waals surface area contributed by atoms with E-state index in [1.807, 2.05) is 0 Å². The summed E-state index contributed by atoms with van der Waals surface area (Å²) in [4.78, 5) is 94.8. The number of primary amides is 1. The number of carbonyl (C=O) groups excluding carboxylic acids is 7. The Balaban J connectivity index is 4.73. The van der Waals surface area contributed by atoms with Crippen LogP contribution in [0.25, 0.3) is 0 Å². The van der Waals surface area contributed by atoms with Gasteiger partial charge in [-0.3, -0.25) is 33.6 Å². The standard InChI is InChI=1S/C22H38N8O10/c1-10(2)4-13(22(39)40)29-19(36)11(3)27-18(35)8-25-17(34)7-26-20(37)14(9-31)30-21(38)12(5-15(24)32)28-16(33)6-23/h10-14,31H,4-9,23H2,1-3H3,(H2,24,32)(H,25,34)(H,26,37)(H,27,35)(H,28,33)(H,29,36)(H,30,38)(H,39,40)/t11-,12-,13-,14-/m0/s1. The van der Waals surface area contributed by atoms with Crippen LogP contribution >= 0.6 is 0 Å². The second-order valence-corrected chi connectivity index (χ2v) is 9.05. The van der Waals surface area contributed by atoms with Crippen LogP contribution in [0.3, 0.4) is 0 Å². The first kappa shape index (κ1) is 35.7. The first-order valence-corrected chi connectivity index (χ1v) is 12.2. The van der Waals surface area contributed by atoms with E-state index < -0.39 is 104 Å². The van der Waals surface area contributed by atoms with Gasteiger partial charge in [-0.05, 0) is 19.3 Å². The Morgan fingerprint density at radius 1 is 0.700 bits per heavy atom. The van der Waals surface area contributed by atoms with Gasteiger partial charge in [0.2, 0.25) is 41.4 Å². The molecule has 0 radical (unpaired) electrons. The Labute approximate surface area is 229 Å². The molecule has 18 heteroatoms. The van der Waals surface area contributed by atoms with Crippen molar-refractivity contribution in [1.29, 1.82) is 0 Å². The number of carboxylic acid groups (broad SMARTS) is 1. The quantitative estimate of drug-likeness (QED) is 0.0735. The molecular formula is C22H38N8O10. The molecule has 0 aliphatic carbocycles. The lowest BCUT2D eigenvalue weighted by Crippen LogP contribution is -2.57. The average Bonchev–Trinajstić information content (AvgIpc) is 2.87. The van der Waals surface area contributed by atoms with Crippen LogP contribution in [0.1, 0.15) is 33.6 Å². The fraction of sp³-hybridized carbons (Fsp3) is 0.636. The van der Waals surface area contributed by atoms with Gasteiger partial charge in [-0.1, -0.05) is 13.8 Å². The molecule has 40 heavy (non-hydrogen) atoms. The smallest absolute Gasteiger partial charge is 0.326 e. The van der Waals surface area contributed by atoms with Gasteiger partial charge < -0.3 is 53.6 Å². The molecule has 0 saturated carbocycles. The minimum atomic E-state index is -1.57. The molecule has 0 unspecified atom stereocenters. The number of hydrogen-bond acceptors (Lipinski definition) is 10. The van der Waals surface area contributed by atoms with Crippen LogP contribution in [-0.2, 0) is 38.4 Å². The maximum atomic E-state index is 12.3. The molecule has 12 N–H and O–H groups in total. The molecule has 0 rings (SSSR count). The Hall–Kier alpha value is -4.32. The number of nitrogens with one attached hydrogen (secondary N) is 6. The normalized spacial score (nSPS) is 13.6. The third-order valence-electron chi connectivity index (χ3n) is 5.02. The number of carbonyl (C=O) groups is 8. The molecule has 0 aromatic rings. The van der Waals surface area contributed by atoms with Crippen LogP contribution in [0.5, 0.6) is 0 Å². The summed E-state index contributed by atoms with van der Waals surface area (Å²) in [5, 5.41) is 31.8. The van der Waals surface area contributed by atoms with Gasteiger partial charge in [0.25, 0.3) is 0 Å². The highest BCUT2D eigenvalue weighted by Crippen LogP contribution is 2.05. The van der Waals surface area contributed by atoms with Crippen LogP contribution in [0.2, 0.25) is 0 Å². The highest BCUT2D eigenvalue weighted by atomic mass is 16.4. The van der Waals surface area contributed by atoms with E-state index in [-0.39, 0.29) is 12.3 Å². The number of nitrogens with two attached hydrogens (primary N) is 2. The van der Waals surface area contributed by atoms with Gasteiger partial charge in [0, 0.05) is 0 Å². The van der Waals surface area contributed by atoms with E-state index in [1.54, 1.807) is 13.8 Å². The molecular weight excluding hydrogens is 536 g/mol. The SMILES string of the molecule is CC(C)C[C@H](NC(=O)[C@H](C)NC(=O)CNC(=O)CNC(=O)[C@H](CO)NC(=O)[C@H](CC(N)=O)NC(=O)CN)C(=O)O. The summed E-state index contributed by atoms with van der Waals surface area (Å²) in [6.07, 6.45) is -0.427. The molecule has 7 amide bonds. The van der Waals surface area contributed by atoms with Crippen molar-refractivity contribution < 1.29 is 48.6 Å². The number of hydrogen-bond donors (Lipinski definition) is 10. The van der Waals surface area contributed by atoms with E-state index in [0.29, 0.717) is 0 Å². The van der Waals surface area contributed by atoms with Crippen molar-refractivity contribution in [3.8, 4) is 0 Å². The monoisotopic (exact) mass is 574 g/mol. The summed E-state index contributed by atoms with van der Waals surface area (Å²) in [6, 6.07) is -5.29. The predicted molar refractivity (Wildman–Crippen MR) is 136 cm³/mol. The number of aliphatic carboxylic acids is 1. The van der Waals surface area contributed by atoms with Gasteiger partial charge in [-0.15, -0.1) is 0 Å². The van der Waals surface area contributed by atoms with Gasteiger partial charge in [0.05, 0.1) is 32.7 Å². The van der Waals surface area contributed by atoms with Crippen molar-refractivity contribution in [2.45, 2.75) is 57.8 Å². The zero-order chi connectivity index (χ0) is 31.0. The van der Waals surface area contributed by atoms with Crippen LogP contribution < -0.4 is 43.4 Å². The van der Waals surface area contributed by atoms with Crippen LogP contribution in [0, 0.1) is 5.92 Å². The zero-order valence-corrected chi connectivity index (χ0v) is 22.4. The van der Waals surface area contributed by atoms with Gasteiger partial charge in [-0.25, -0.2) is 4.79 Å². The summed E-state index contributed by atoms with van der Waals surface area (Å²) in [7, 11) is 0. The summed E-state index contributed by atoms with van der Waals surface area (Å²) >= 11 is 0. The molecule has 0 heterocycles. The largest absolute Gasteiger partial charge is 0.480 e. The Morgan fingerprint density at radius 3 is 1.77 bits per heavy atom. The second-order valence-electron chi connectivity index (χ2n) is 9.05. The Morgan fingerprint density at radius 2 is 1.27 bits per heavy atom. The molecule has 18 nitrogen and oxygen atoms in total. The summed E-state index contributed by atoms with van der Waals surface area (Å²) in [5.41, 5.74) is 10.2. The Kier molecular flexibility index (Phi) is 16.1. The van der Waals surface area contributed by atoms with Crippen LogP contribution in [0.15, 0.2) is 0 Å². The number of aliphatic hydroxyl groups is 1. The fourth-order valence-corrected chi connectivity index (χ4v) is 3.01. The summed E-state index contributed by atoms with van der Waals surface area (Å²) in [5.74, 6) is -7.32. The molecule has 4 atom stereocenters. The lowest BCUT2D eigenvalue weighted by molar-refractivity contribution is -0.142. The molecule has 0 fully saturated rings. The highest BCUT2D eigenvalue weighted by molar-refractivity contribution is 5.96. The van der Waals surface area contributed by atoms with Gasteiger partial charge in [0.1, 0.15) is 24.2 Å². The first-order chi connectivity index (χ1) is 18.6. The highest BCUT2D eigenvalue weighted by Gasteiger charge is 2.28. The third kappa shape index (κ3) is 14.6. The van der Waals surface area contributed by atoms with Crippen LogP contribution in [0.4, 0.5) is 0 Å². The molecule has 0 bridgehead atoms. The van der Waals surface area contributed by atoms with Crippen molar-refractivity contribution in [1.82, 2.24) is 31.9 Å². The molecule has 0 aromatic carbocycles. The minimum Gasteiger partial charge on any atom is -0.480 e. The van der Waals surface area contributed by atoms with Crippen molar-refractivity contribution in [2.75, 3.05) is 26.2 Å². The lowest BCUT2D eigenvalue weighted by Gasteiger charge is -2.21. The van der Waals surface area contributed by atoms with Crippen molar-refractivity contribution in [3.05, 3.63) is 0 Å². The molecule has 0 aliphatic rings. The van der Waals surface area contributed by atoms with Crippen molar-refractivity contribution in [3.63, 3.8) is 0 Å². The second kappa shape index (κ2) is 18.1. The van der Waals surface area contributed by atoms with Crippen molar-refractivity contribution in [2.24, 2.45) is 17.4 Å². The van der Waals surface area contributed by atoms with Crippen molar-refractivity contribution >= 4 is 47.3 Å². The van der Waals surface area contributed by atoms with E-state index in [0.717, 1.165) is 0 Å². The third-order valence-corrected chi connectivity index (χ3v) is 5.02. The average molecular weight is 575 g/mol. The fourth-order valence-electron chi connectivity index (χ4n) is 3.01. The molecule has 0 spiro atoms. The summed E-state index contributed by atoms with van der Waals surface area (Å²) in [6.45, 7) is 2.24. The summed E-state index contributed by atoms with van der Waals surface area (Å²) < 4.78 is 0. The van der Waals surface area contributed by atoms with E-state index in [1.165, 1.54) is 6.92 Å². The maximum Gasteiger partial charge on any atom is 0.326 e. The number of aliphatic hydroxyl groups excluding tert-OH is 1. The Bertz CT molecular complexity index is 958. The van der Waals surface area contributed by atoms with E-state index in [4.69, 9.17) is 11.5 Å². The lowest BCUT2D eigenvalue weighted by atomic mass is 10.0. The zero-order valence-electron chi connectivity index (χ0n) is 22.4. The van der Waals surface area contributed by atoms with E-state index >= 15 is 0 Å². The number of carboxylic acids is 1. The van der Waals surface area contributed by atoms with E-state index in [9.17, 15) is 48.6 Å². The maximum absolute atomic E-state index is 12.3. The minimum absolute atomic E-state index is 0.00584. The first-order valence-electron chi connectivity index (χ1n) is 12.2. The number of rotatable bonds is 18. The van der Waals surface area contributed by atoms with E-state index in [2.05, 4.69) is 31.9 Å². The molecule has 0 aromatic heterocycles. The topological polar surface area (TPSA) is 301 Å². The molecule has 226 valence electrons. The number of amides is 7. The van der Waals surface area contributed by atoms with Crippen LogP contribution in [-0.4, -0.2) is 108 Å². The molecule has 0 saturated heterocycles.